The molecule has 0 bridgehead atoms. The third-order valence-electron chi connectivity index (χ3n) is 1.92. The number of carboxylic acids is 1. The summed E-state index contributed by atoms with van der Waals surface area (Å²) in [6, 6.07) is 0. The summed E-state index contributed by atoms with van der Waals surface area (Å²) in [4.78, 5) is 23.1. The molecule has 1 atom stereocenters. The maximum absolute atomic E-state index is 11.4. The quantitative estimate of drug-likeness (QED) is 0.629. The van der Waals surface area contributed by atoms with Gasteiger partial charge >= 0.3 is 5.97 Å². The lowest BCUT2D eigenvalue weighted by molar-refractivity contribution is -0.134. The average molecular weight is 199 g/mol. The highest BCUT2D eigenvalue weighted by atomic mass is 16.5. The van der Waals surface area contributed by atoms with Gasteiger partial charge in [-0.25, -0.2) is 4.79 Å². The maximum atomic E-state index is 11.4. The maximum Gasteiger partial charge on any atom is 0.328 e. The zero-order chi connectivity index (χ0) is 10.6. The van der Waals surface area contributed by atoms with Crippen LogP contribution >= 0.6 is 0 Å². The molecule has 78 valence electrons. The van der Waals surface area contributed by atoms with Crippen LogP contribution in [-0.2, 0) is 14.3 Å². The first-order valence-electron chi connectivity index (χ1n) is 4.41. The van der Waals surface area contributed by atoms with Gasteiger partial charge < -0.3 is 14.7 Å². The summed E-state index contributed by atoms with van der Waals surface area (Å²) in [6.07, 6.45) is 1.94. The van der Waals surface area contributed by atoms with E-state index in [-0.39, 0.29) is 12.0 Å². The highest BCUT2D eigenvalue weighted by Gasteiger charge is 2.19. The summed E-state index contributed by atoms with van der Waals surface area (Å²) >= 11 is 0. The number of amides is 1. The first-order chi connectivity index (χ1) is 6.59. The largest absolute Gasteiger partial charge is 0.478 e. The Morgan fingerprint density at radius 1 is 1.50 bits per heavy atom. The number of hydrogen-bond donors (Lipinski definition) is 1. The predicted octanol–water partition coefficient (Wildman–Crippen LogP) is -0.126. The van der Waals surface area contributed by atoms with Crippen molar-refractivity contribution in [3.8, 4) is 0 Å². The fourth-order valence-corrected chi connectivity index (χ4v) is 1.27. The van der Waals surface area contributed by atoms with E-state index >= 15 is 0 Å². The van der Waals surface area contributed by atoms with E-state index in [1.54, 1.807) is 4.90 Å². The van der Waals surface area contributed by atoms with Gasteiger partial charge in [-0.1, -0.05) is 0 Å². The summed E-state index contributed by atoms with van der Waals surface area (Å²) < 4.78 is 5.25. The normalized spacial score (nSPS) is 22.6. The van der Waals surface area contributed by atoms with Crippen molar-refractivity contribution in [3.05, 3.63) is 12.2 Å². The minimum Gasteiger partial charge on any atom is -0.478 e. The molecule has 1 aliphatic rings. The van der Waals surface area contributed by atoms with Crippen LogP contribution in [0, 0.1) is 0 Å². The zero-order valence-corrected chi connectivity index (χ0v) is 7.97. The van der Waals surface area contributed by atoms with Gasteiger partial charge in [0, 0.05) is 25.2 Å². The molecule has 1 heterocycles. The van der Waals surface area contributed by atoms with Crippen molar-refractivity contribution in [1.29, 1.82) is 0 Å². The van der Waals surface area contributed by atoms with Crippen LogP contribution in [0.4, 0.5) is 0 Å². The highest BCUT2D eigenvalue weighted by molar-refractivity contribution is 5.93. The lowest BCUT2D eigenvalue weighted by atomic mass is 10.3. The molecular formula is C9H13NO4. The topological polar surface area (TPSA) is 66.8 Å². The van der Waals surface area contributed by atoms with Crippen LogP contribution in [0.25, 0.3) is 0 Å². The summed E-state index contributed by atoms with van der Waals surface area (Å²) in [5, 5.41) is 8.33. The standard InChI is InChI=1S/C9H13NO4/c1-7-6-10(4-5-14-7)8(11)2-3-9(12)13/h2-3,7H,4-6H2,1H3,(H,12,13). The molecule has 0 saturated carbocycles. The van der Waals surface area contributed by atoms with Gasteiger partial charge in [0.05, 0.1) is 12.7 Å². The zero-order valence-electron chi connectivity index (χ0n) is 7.97. The Labute approximate surface area is 82.0 Å². The molecule has 0 spiro atoms. The molecule has 0 aromatic heterocycles. The molecule has 0 radical (unpaired) electrons. The molecule has 1 unspecified atom stereocenters. The van der Waals surface area contributed by atoms with Crippen molar-refractivity contribution < 1.29 is 19.4 Å². The van der Waals surface area contributed by atoms with Crippen LogP contribution in [0.5, 0.6) is 0 Å². The van der Waals surface area contributed by atoms with Gasteiger partial charge in [0.1, 0.15) is 0 Å². The number of carbonyl (C=O) groups excluding carboxylic acids is 1. The van der Waals surface area contributed by atoms with Gasteiger partial charge in [-0.3, -0.25) is 4.79 Å². The van der Waals surface area contributed by atoms with Gasteiger partial charge in [0.2, 0.25) is 5.91 Å². The Hall–Kier alpha value is -1.36. The second-order valence-corrected chi connectivity index (χ2v) is 3.14. The Morgan fingerprint density at radius 2 is 2.21 bits per heavy atom. The van der Waals surface area contributed by atoms with Crippen LogP contribution in [0.2, 0.25) is 0 Å². The molecule has 5 nitrogen and oxygen atoms in total. The molecule has 0 aromatic rings. The molecule has 1 saturated heterocycles. The molecule has 1 N–H and O–H groups in total. The van der Waals surface area contributed by atoms with Crippen LogP contribution in [0.1, 0.15) is 6.92 Å². The highest BCUT2D eigenvalue weighted by Crippen LogP contribution is 2.04. The number of ether oxygens (including phenoxy) is 1. The van der Waals surface area contributed by atoms with E-state index in [0.717, 1.165) is 12.2 Å². The number of carbonyl (C=O) groups is 2. The number of carboxylic acid groups (broad SMARTS) is 1. The minimum absolute atomic E-state index is 0.0194. The SMILES string of the molecule is CC1CN(C(=O)C=CC(=O)O)CCO1. The Balaban J connectivity index is 2.47. The Morgan fingerprint density at radius 3 is 2.79 bits per heavy atom. The Kier molecular flexibility index (Phi) is 3.64. The van der Waals surface area contributed by atoms with E-state index < -0.39 is 5.97 Å². The van der Waals surface area contributed by atoms with Gasteiger partial charge in [-0.15, -0.1) is 0 Å². The first kappa shape index (κ1) is 10.7. The molecule has 0 aliphatic carbocycles. The molecule has 1 aliphatic heterocycles. The third kappa shape index (κ3) is 3.18. The molecule has 0 aromatic carbocycles. The summed E-state index contributed by atoms with van der Waals surface area (Å²) in [5.41, 5.74) is 0. The van der Waals surface area contributed by atoms with Crippen LogP contribution < -0.4 is 0 Å². The van der Waals surface area contributed by atoms with Crippen molar-refractivity contribution in [1.82, 2.24) is 4.90 Å². The van der Waals surface area contributed by atoms with Gasteiger partial charge in [-0.2, -0.15) is 0 Å². The van der Waals surface area contributed by atoms with Crippen molar-refractivity contribution in [2.75, 3.05) is 19.7 Å². The second-order valence-electron chi connectivity index (χ2n) is 3.14. The number of morpholine rings is 1. The molecular weight excluding hydrogens is 186 g/mol. The molecule has 14 heavy (non-hydrogen) atoms. The fourth-order valence-electron chi connectivity index (χ4n) is 1.27. The minimum atomic E-state index is -1.11. The average Bonchev–Trinajstić information content (AvgIpc) is 2.14. The van der Waals surface area contributed by atoms with Crippen LogP contribution in [-0.4, -0.2) is 47.7 Å². The summed E-state index contributed by atoms with van der Waals surface area (Å²) in [6.45, 7) is 3.42. The van der Waals surface area contributed by atoms with E-state index in [1.807, 2.05) is 6.92 Å². The van der Waals surface area contributed by atoms with Crippen molar-refractivity contribution in [3.63, 3.8) is 0 Å². The van der Waals surface area contributed by atoms with Crippen LogP contribution in [0.3, 0.4) is 0 Å². The predicted molar refractivity (Wildman–Crippen MR) is 48.8 cm³/mol. The van der Waals surface area contributed by atoms with Crippen LogP contribution in [0.15, 0.2) is 12.2 Å². The summed E-state index contributed by atoms with van der Waals surface area (Å²) in [5.74, 6) is -1.39. The summed E-state index contributed by atoms with van der Waals surface area (Å²) in [7, 11) is 0. The smallest absolute Gasteiger partial charge is 0.328 e. The lowest BCUT2D eigenvalue weighted by Crippen LogP contribution is -2.43. The molecule has 1 amide bonds. The van der Waals surface area contributed by atoms with E-state index in [1.165, 1.54) is 0 Å². The van der Waals surface area contributed by atoms with Crippen molar-refractivity contribution in [2.45, 2.75) is 13.0 Å². The van der Waals surface area contributed by atoms with Crippen molar-refractivity contribution in [2.24, 2.45) is 0 Å². The van der Waals surface area contributed by atoms with Gasteiger partial charge in [0.25, 0.3) is 0 Å². The second kappa shape index (κ2) is 4.76. The first-order valence-corrected chi connectivity index (χ1v) is 4.41. The number of aliphatic carboxylic acids is 1. The number of nitrogens with zero attached hydrogens (tertiary/aromatic N) is 1. The van der Waals surface area contributed by atoms with Crippen molar-refractivity contribution >= 4 is 11.9 Å². The van der Waals surface area contributed by atoms with E-state index in [2.05, 4.69) is 0 Å². The monoisotopic (exact) mass is 199 g/mol. The molecule has 1 fully saturated rings. The lowest BCUT2D eigenvalue weighted by Gasteiger charge is -2.30. The van der Waals surface area contributed by atoms with E-state index in [0.29, 0.717) is 19.7 Å². The molecule has 5 heteroatoms. The number of hydrogen-bond acceptors (Lipinski definition) is 3. The van der Waals surface area contributed by atoms with E-state index in [9.17, 15) is 9.59 Å². The Bertz CT molecular complexity index is 262. The third-order valence-corrected chi connectivity index (χ3v) is 1.92. The molecule has 1 rings (SSSR count). The number of rotatable bonds is 2. The van der Waals surface area contributed by atoms with Gasteiger partial charge in [0.15, 0.2) is 0 Å². The fraction of sp³-hybridized carbons (Fsp3) is 0.556. The van der Waals surface area contributed by atoms with Gasteiger partial charge in [-0.05, 0) is 6.92 Å². The van der Waals surface area contributed by atoms with E-state index in [4.69, 9.17) is 9.84 Å².